The molecule has 35 heavy (non-hydrogen) atoms. The summed E-state index contributed by atoms with van der Waals surface area (Å²) in [6, 6.07) is 5.88. The molecule has 13 heteroatoms. The van der Waals surface area contributed by atoms with Crippen LogP contribution < -0.4 is 26.8 Å². The Balaban J connectivity index is 2.19. The number of amides is 1. The van der Waals surface area contributed by atoms with E-state index < -0.39 is 40.3 Å². The van der Waals surface area contributed by atoms with Crippen LogP contribution in [-0.2, 0) is 14.8 Å². The lowest BCUT2D eigenvalue weighted by atomic mass is 10.0. The molecule has 0 saturated heterocycles. The van der Waals surface area contributed by atoms with E-state index in [1.54, 1.807) is 18.2 Å². The summed E-state index contributed by atoms with van der Waals surface area (Å²) in [5, 5.41) is 14.7. The average Bonchev–Trinajstić information content (AvgIpc) is 3.17. The Bertz CT molecular complexity index is 1090. The van der Waals surface area contributed by atoms with Crippen LogP contribution in [-0.4, -0.2) is 49.3 Å². The molecule has 0 unspecified atom stereocenters. The molecule has 0 fully saturated rings. The van der Waals surface area contributed by atoms with Crippen LogP contribution in [0.1, 0.15) is 61.3 Å². The highest BCUT2D eigenvalue weighted by atomic mass is 32.2. The van der Waals surface area contributed by atoms with Gasteiger partial charge in [0.25, 0.3) is 5.91 Å². The van der Waals surface area contributed by atoms with Crippen molar-refractivity contribution in [1.29, 1.82) is 0 Å². The third kappa shape index (κ3) is 8.71. The minimum atomic E-state index is -3.88. The number of hydrogen-bond acceptors (Lipinski definition) is 9. The molecule has 0 bridgehead atoms. The van der Waals surface area contributed by atoms with Gasteiger partial charge in [-0.05, 0) is 50.8 Å². The van der Waals surface area contributed by atoms with Gasteiger partial charge in [-0.3, -0.25) is 10.1 Å². The van der Waals surface area contributed by atoms with Gasteiger partial charge in [0.15, 0.2) is 5.69 Å². The number of aryl methyl sites for hydroxylation is 1. The van der Waals surface area contributed by atoms with E-state index in [2.05, 4.69) is 20.3 Å². The minimum Gasteiger partial charge on any atom is -0.480 e. The Morgan fingerprint density at radius 3 is 2.40 bits per heavy atom. The molecule has 2 atom stereocenters. The molecule has 0 aliphatic heterocycles. The molecular formula is C22H34N6O6S. The smallest absolute Gasteiger partial charge is 0.326 e. The molecule has 2 rings (SSSR count). The zero-order valence-electron chi connectivity index (χ0n) is 20.0. The van der Waals surface area contributed by atoms with Crippen molar-refractivity contribution in [3.63, 3.8) is 0 Å². The number of carboxylic acid groups (broad SMARTS) is 1. The Morgan fingerprint density at radius 2 is 1.83 bits per heavy atom. The summed E-state index contributed by atoms with van der Waals surface area (Å²) in [5.41, 5.74) is 10.7. The molecule has 12 nitrogen and oxygen atoms in total. The number of carbonyl (C=O) groups excluding carboxylic acids is 1. The van der Waals surface area contributed by atoms with E-state index >= 15 is 0 Å². The highest BCUT2D eigenvalue weighted by Crippen LogP contribution is 2.25. The molecule has 1 aromatic carbocycles. The highest BCUT2D eigenvalue weighted by molar-refractivity contribution is 7.89. The predicted molar refractivity (Wildman–Crippen MR) is 128 cm³/mol. The van der Waals surface area contributed by atoms with Crippen molar-refractivity contribution in [3.8, 4) is 0 Å². The molecule has 1 heterocycles. The van der Waals surface area contributed by atoms with Crippen molar-refractivity contribution in [1.82, 2.24) is 20.3 Å². The van der Waals surface area contributed by atoms with Gasteiger partial charge in [0.05, 0.1) is 10.9 Å². The maximum absolute atomic E-state index is 12.9. The van der Waals surface area contributed by atoms with Crippen molar-refractivity contribution in [2.24, 2.45) is 17.4 Å². The van der Waals surface area contributed by atoms with Gasteiger partial charge in [-0.15, -0.1) is 0 Å². The zero-order valence-corrected chi connectivity index (χ0v) is 20.8. The van der Waals surface area contributed by atoms with Gasteiger partial charge in [-0.2, -0.15) is 4.72 Å². The van der Waals surface area contributed by atoms with Gasteiger partial charge in [0.2, 0.25) is 15.9 Å². The van der Waals surface area contributed by atoms with E-state index in [0.29, 0.717) is 19.4 Å². The monoisotopic (exact) mass is 510 g/mol. The Hall–Kier alpha value is -2.84. The van der Waals surface area contributed by atoms with Crippen LogP contribution in [0.15, 0.2) is 39.6 Å². The maximum atomic E-state index is 12.9. The minimum absolute atomic E-state index is 0.0221. The Morgan fingerprint density at radius 1 is 1.17 bits per heavy atom. The van der Waals surface area contributed by atoms with Crippen LogP contribution in [0.5, 0.6) is 0 Å². The first-order valence-corrected chi connectivity index (χ1v) is 12.7. The third-order valence-electron chi connectivity index (χ3n) is 5.04. The first-order chi connectivity index (χ1) is 16.4. The summed E-state index contributed by atoms with van der Waals surface area (Å²) >= 11 is 0. The molecule has 0 aliphatic carbocycles. The standard InChI is InChI=1S/C22H34N6O6S/c1-13(2)12-17(28-35(32,33)15-8-5-4-6-9-15)20-27-18(14(3)34-20)19(29)26-16(21(30)31)10-7-11-25-22(23)24/h4-6,8-9,13,16-17,22,25,28H,7,10-12,23-24H2,1-3H3,(H,26,29)(H,30,31)/t16-,17-/m0/s1. The zero-order chi connectivity index (χ0) is 26.2. The van der Waals surface area contributed by atoms with Crippen LogP contribution in [0.4, 0.5) is 0 Å². The molecule has 0 spiro atoms. The second-order valence-electron chi connectivity index (χ2n) is 8.56. The van der Waals surface area contributed by atoms with Crippen LogP contribution in [0.25, 0.3) is 0 Å². The highest BCUT2D eigenvalue weighted by Gasteiger charge is 2.29. The number of aliphatic carboxylic acids is 1. The van der Waals surface area contributed by atoms with Gasteiger partial charge < -0.3 is 26.3 Å². The molecular weight excluding hydrogens is 476 g/mol. The lowest BCUT2D eigenvalue weighted by Crippen LogP contribution is -2.46. The number of benzene rings is 1. The lowest BCUT2D eigenvalue weighted by Gasteiger charge is -2.18. The van der Waals surface area contributed by atoms with Crippen LogP contribution in [0, 0.1) is 12.8 Å². The number of nitrogens with one attached hydrogen (secondary N) is 3. The van der Waals surface area contributed by atoms with Gasteiger partial charge >= 0.3 is 5.97 Å². The summed E-state index contributed by atoms with van der Waals surface area (Å²) in [4.78, 5) is 28.7. The predicted octanol–water partition coefficient (Wildman–Crippen LogP) is 0.803. The fraction of sp³-hybridized carbons (Fsp3) is 0.500. The van der Waals surface area contributed by atoms with Crippen molar-refractivity contribution >= 4 is 21.9 Å². The number of hydrogen-bond donors (Lipinski definition) is 6. The largest absolute Gasteiger partial charge is 0.480 e. The van der Waals surface area contributed by atoms with Crippen molar-refractivity contribution < 1.29 is 27.5 Å². The van der Waals surface area contributed by atoms with Gasteiger partial charge in [0.1, 0.15) is 18.1 Å². The molecule has 1 aromatic heterocycles. The fourth-order valence-electron chi connectivity index (χ4n) is 3.36. The van der Waals surface area contributed by atoms with Crippen molar-refractivity contribution in [2.45, 2.75) is 63.3 Å². The number of nitrogens with zero attached hydrogens (tertiary/aromatic N) is 1. The van der Waals surface area contributed by atoms with Crippen LogP contribution >= 0.6 is 0 Å². The topological polar surface area (TPSA) is 203 Å². The second kappa shape index (κ2) is 12.7. The van der Waals surface area contributed by atoms with Crippen molar-refractivity contribution in [2.75, 3.05) is 6.54 Å². The van der Waals surface area contributed by atoms with Crippen LogP contribution in [0.2, 0.25) is 0 Å². The molecule has 194 valence electrons. The van der Waals surface area contributed by atoms with E-state index in [-0.39, 0.29) is 34.6 Å². The van der Waals surface area contributed by atoms with Gasteiger partial charge in [-0.1, -0.05) is 32.0 Å². The quantitative estimate of drug-likeness (QED) is 0.156. The molecule has 2 aromatic rings. The second-order valence-corrected chi connectivity index (χ2v) is 10.3. The number of carbonyl (C=O) groups is 2. The van der Waals surface area contributed by atoms with Gasteiger partial charge in [0, 0.05) is 0 Å². The summed E-state index contributed by atoms with van der Waals surface area (Å²) in [7, 11) is -3.88. The molecule has 0 aliphatic rings. The van der Waals surface area contributed by atoms with Gasteiger partial charge in [-0.25, -0.2) is 18.2 Å². The Labute approximate surface area is 204 Å². The number of sulfonamides is 1. The number of rotatable bonds is 14. The molecule has 0 saturated carbocycles. The summed E-state index contributed by atoms with van der Waals surface area (Å²) < 4.78 is 34.0. The summed E-state index contributed by atoms with van der Waals surface area (Å²) in [6.07, 6.45) is 0.184. The number of carboxylic acids is 1. The number of aromatic nitrogens is 1. The molecule has 8 N–H and O–H groups in total. The van der Waals surface area contributed by atoms with Crippen molar-refractivity contribution in [3.05, 3.63) is 47.7 Å². The average molecular weight is 511 g/mol. The number of nitrogens with two attached hydrogens (primary N) is 2. The van der Waals surface area contributed by atoms with E-state index in [0.717, 1.165) is 0 Å². The summed E-state index contributed by atoms with van der Waals surface area (Å²) in [6.45, 7) is 5.71. The Kier molecular flexibility index (Phi) is 10.3. The third-order valence-corrected chi connectivity index (χ3v) is 6.52. The van der Waals surface area contributed by atoms with E-state index in [1.165, 1.54) is 19.1 Å². The molecule has 1 amide bonds. The SMILES string of the molecule is Cc1oc([C@H](CC(C)C)NS(=O)(=O)c2ccccc2)nc1C(=O)N[C@@H](CCCNC(N)N)C(=O)O. The molecule has 0 radical (unpaired) electrons. The fourth-order valence-corrected chi connectivity index (χ4v) is 4.58. The normalized spacial score (nSPS) is 13.7. The van der Waals surface area contributed by atoms with Crippen LogP contribution in [0.3, 0.4) is 0 Å². The first-order valence-electron chi connectivity index (χ1n) is 11.2. The maximum Gasteiger partial charge on any atom is 0.326 e. The van der Waals surface area contributed by atoms with E-state index in [4.69, 9.17) is 15.9 Å². The van der Waals surface area contributed by atoms with E-state index in [9.17, 15) is 23.1 Å². The first kappa shape index (κ1) is 28.4. The lowest BCUT2D eigenvalue weighted by molar-refractivity contribution is -0.139. The summed E-state index contributed by atoms with van der Waals surface area (Å²) in [5.74, 6) is -1.69. The number of oxazole rings is 1. The van der Waals surface area contributed by atoms with E-state index in [1.807, 2.05) is 13.8 Å².